The first kappa shape index (κ1) is 18.5. The Morgan fingerprint density at radius 1 is 1.12 bits per heavy atom. The zero-order valence-corrected chi connectivity index (χ0v) is 15.8. The Morgan fingerprint density at radius 3 is 2.46 bits per heavy atom. The number of amides is 1. The summed E-state index contributed by atoms with van der Waals surface area (Å²) in [5.41, 5.74) is 0.709. The second-order valence-electron chi connectivity index (χ2n) is 6.41. The average molecular weight is 418 g/mol. The van der Waals surface area contributed by atoms with Crippen LogP contribution >= 0.6 is 15.9 Å². The van der Waals surface area contributed by atoms with Gasteiger partial charge in [0.05, 0.1) is 17.9 Å². The van der Waals surface area contributed by atoms with Crippen molar-refractivity contribution in [3.8, 4) is 5.75 Å². The predicted octanol–water partition coefficient (Wildman–Crippen LogP) is 4.97. The van der Waals surface area contributed by atoms with Crippen LogP contribution in [0.1, 0.15) is 46.4 Å². The van der Waals surface area contributed by atoms with Crippen molar-refractivity contribution in [2.45, 2.75) is 25.7 Å². The number of carbonyl (C=O) groups is 2. The van der Waals surface area contributed by atoms with E-state index in [2.05, 4.69) is 21.2 Å². The molecule has 26 heavy (non-hydrogen) atoms. The summed E-state index contributed by atoms with van der Waals surface area (Å²) in [6.45, 7) is 0.713. The first-order valence-corrected chi connectivity index (χ1v) is 9.40. The number of ether oxygens (including phenoxy) is 1. The maximum absolute atomic E-state index is 12.5. The minimum absolute atomic E-state index is 0.0317. The molecule has 2 aromatic rings. The van der Waals surface area contributed by atoms with Gasteiger partial charge in [-0.1, -0.05) is 18.9 Å². The van der Waals surface area contributed by atoms with Crippen molar-refractivity contribution in [1.82, 2.24) is 0 Å². The molecule has 1 saturated carbocycles. The summed E-state index contributed by atoms with van der Waals surface area (Å²) < 4.78 is 6.31. The Labute approximate surface area is 160 Å². The van der Waals surface area contributed by atoms with Gasteiger partial charge in [0.2, 0.25) is 0 Å². The minimum atomic E-state index is -1.10. The number of benzene rings is 2. The lowest BCUT2D eigenvalue weighted by molar-refractivity contribution is 0.0698. The van der Waals surface area contributed by atoms with E-state index in [-0.39, 0.29) is 17.2 Å². The number of carboxylic acid groups (broad SMARTS) is 1. The lowest BCUT2D eigenvalue weighted by Gasteiger charge is -2.12. The van der Waals surface area contributed by atoms with E-state index in [0.717, 1.165) is 5.75 Å². The molecule has 0 aliphatic heterocycles. The van der Waals surface area contributed by atoms with E-state index in [9.17, 15) is 14.7 Å². The first-order chi connectivity index (χ1) is 12.5. The fourth-order valence-corrected chi connectivity index (χ4v) is 3.57. The van der Waals surface area contributed by atoms with Crippen molar-refractivity contribution in [1.29, 1.82) is 0 Å². The molecule has 3 rings (SSSR count). The fraction of sp³-hybridized carbons (Fsp3) is 0.300. The summed E-state index contributed by atoms with van der Waals surface area (Å²) >= 11 is 3.28. The number of rotatable bonds is 6. The van der Waals surface area contributed by atoms with Crippen LogP contribution in [0.25, 0.3) is 0 Å². The number of carboxylic acids is 1. The molecule has 5 nitrogen and oxygen atoms in total. The van der Waals surface area contributed by atoms with Crippen molar-refractivity contribution >= 4 is 33.5 Å². The van der Waals surface area contributed by atoms with E-state index < -0.39 is 5.97 Å². The zero-order valence-electron chi connectivity index (χ0n) is 14.2. The van der Waals surface area contributed by atoms with Crippen LogP contribution in [-0.4, -0.2) is 23.6 Å². The van der Waals surface area contributed by atoms with E-state index >= 15 is 0 Å². The van der Waals surface area contributed by atoms with Crippen LogP contribution in [0.4, 0.5) is 5.69 Å². The quantitative estimate of drug-likeness (QED) is 0.695. The van der Waals surface area contributed by atoms with Crippen LogP contribution in [0, 0.1) is 5.92 Å². The maximum Gasteiger partial charge on any atom is 0.337 e. The number of anilines is 1. The van der Waals surface area contributed by atoms with Crippen LogP contribution in [0.15, 0.2) is 46.9 Å². The Kier molecular flexibility index (Phi) is 5.93. The highest BCUT2D eigenvalue weighted by molar-refractivity contribution is 9.10. The van der Waals surface area contributed by atoms with Crippen LogP contribution in [0.3, 0.4) is 0 Å². The Balaban J connectivity index is 1.66. The van der Waals surface area contributed by atoms with Gasteiger partial charge in [-0.05, 0) is 71.1 Å². The second-order valence-corrected chi connectivity index (χ2v) is 7.26. The number of aromatic carboxylic acids is 1. The third kappa shape index (κ3) is 4.43. The second kappa shape index (κ2) is 8.36. The molecule has 0 unspecified atom stereocenters. The molecule has 0 saturated heterocycles. The summed E-state index contributed by atoms with van der Waals surface area (Å²) in [6, 6.07) is 11.6. The summed E-state index contributed by atoms with van der Waals surface area (Å²) in [5, 5.41) is 11.9. The lowest BCUT2D eigenvalue weighted by atomic mass is 10.1. The predicted molar refractivity (Wildman–Crippen MR) is 103 cm³/mol. The highest BCUT2D eigenvalue weighted by Crippen LogP contribution is 2.28. The summed E-state index contributed by atoms with van der Waals surface area (Å²) in [4.78, 5) is 23.8. The molecule has 2 aromatic carbocycles. The van der Waals surface area contributed by atoms with Crippen LogP contribution in [0.2, 0.25) is 0 Å². The Morgan fingerprint density at radius 2 is 1.81 bits per heavy atom. The molecule has 1 aliphatic rings. The third-order valence-corrected chi connectivity index (χ3v) is 5.22. The molecule has 0 aromatic heterocycles. The van der Waals surface area contributed by atoms with E-state index in [4.69, 9.17) is 4.74 Å². The van der Waals surface area contributed by atoms with Gasteiger partial charge in [-0.25, -0.2) is 4.79 Å². The number of hydrogen-bond donors (Lipinski definition) is 2. The molecule has 0 atom stereocenters. The van der Waals surface area contributed by atoms with Crippen molar-refractivity contribution in [3.05, 3.63) is 58.1 Å². The number of nitrogens with one attached hydrogen (secondary N) is 1. The summed E-state index contributed by atoms with van der Waals surface area (Å²) in [6.07, 6.45) is 5.00. The third-order valence-electron chi connectivity index (χ3n) is 4.56. The highest BCUT2D eigenvalue weighted by Gasteiger charge is 2.17. The van der Waals surface area contributed by atoms with E-state index in [0.29, 0.717) is 22.6 Å². The van der Waals surface area contributed by atoms with Crippen molar-refractivity contribution in [3.63, 3.8) is 0 Å². The van der Waals surface area contributed by atoms with Gasteiger partial charge in [-0.15, -0.1) is 0 Å². The van der Waals surface area contributed by atoms with Crippen molar-refractivity contribution in [2.75, 3.05) is 11.9 Å². The van der Waals surface area contributed by atoms with E-state index in [1.54, 1.807) is 36.4 Å². The molecule has 1 amide bonds. The zero-order chi connectivity index (χ0) is 18.5. The van der Waals surface area contributed by atoms with Gasteiger partial charge >= 0.3 is 5.97 Å². The Bertz CT molecular complexity index is 798. The molecule has 1 aliphatic carbocycles. The smallest absolute Gasteiger partial charge is 0.337 e. The van der Waals surface area contributed by atoms with Gasteiger partial charge in [0.25, 0.3) is 5.91 Å². The van der Waals surface area contributed by atoms with Gasteiger partial charge in [-0.3, -0.25) is 4.79 Å². The molecule has 0 heterocycles. The standard InChI is InChI=1S/C20H20BrNO4/c21-17-7-3-6-16(20(24)25)18(17)22-19(23)14-8-10-15(11-9-14)26-12-13-4-1-2-5-13/h3,6-11,13H,1-2,4-5,12H2,(H,22,23)(H,24,25). The molecule has 6 heteroatoms. The monoisotopic (exact) mass is 417 g/mol. The molecule has 0 spiro atoms. The molecule has 2 N–H and O–H groups in total. The number of para-hydroxylation sites is 1. The Hall–Kier alpha value is -2.34. The molecule has 0 bridgehead atoms. The number of hydrogen-bond acceptors (Lipinski definition) is 3. The van der Waals surface area contributed by atoms with E-state index in [1.165, 1.54) is 31.7 Å². The lowest BCUT2D eigenvalue weighted by Crippen LogP contribution is -2.15. The topological polar surface area (TPSA) is 75.6 Å². The first-order valence-electron chi connectivity index (χ1n) is 8.60. The van der Waals surface area contributed by atoms with Crippen molar-refractivity contribution in [2.24, 2.45) is 5.92 Å². The number of carbonyl (C=O) groups excluding carboxylic acids is 1. The minimum Gasteiger partial charge on any atom is -0.493 e. The van der Waals surface area contributed by atoms with Crippen molar-refractivity contribution < 1.29 is 19.4 Å². The van der Waals surface area contributed by atoms with Gasteiger partial charge in [0.1, 0.15) is 5.75 Å². The van der Waals surface area contributed by atoms with Crippen LogP contribution in [0.5, 0.6) is 5.75 Å². The molecular weight excluding hydrogens is 398 g/mol. The molecule has 1 fully saturated rings. The van der Waals surface area contributed by atoms with Gasteiger partial charge in [0.15, 0.2) is 0 Å². The van der Waals surface area contributed by atoms with Gasteiger partial charge < -0.3 is 15.2 Å². The van der Waals surface area contributed by atoms with E-state index in [1.807, 2.05) is 0 Å². The summed E-state index contributed by atoms with van der Waals surface area (Å²) in [7, 11) is 0. The summed E-state index contributed by atoms with van der Waals surface area (Å²) in [5.74, 6) is -0.109. The fourth-order valence-electron chi connectivity index (χ4n) is 3.11. The highest BCUT2D eigenvalue weighted by atomic mass is 79.9. The number of halogens is 1. The molecule has 136 valence electrons. The molecular formula is C20H20BrNO4. The van der Waals surface area contributed by atoms with Crippen LogP contribution < -0.4 is 10.1 Å². The average Bonchev–Trinajstić information content (AvgIpc) is 3.15. The van der Waals surface area contributed by atoms with Gasteiger partial charge in [-0.2, -0.15) is 0 Å². The normalized spacial score (nSPS) is 14.2. The SMILES string of the molecule is O=C(Nc1c(Br)cccc1C(=O)O)c1ccc(OCC2CCCC2)cc1. The van der Waals surface area contributed by atoms with Crippen LogP contribution in [-0.2, 0) is 0 Å². The largest absolute Gasteiger partial charge is 0.493 e. The maximum atomic E-state index is 12.5. The molecule has 0 radical (unpaired) electrons. The van der Waals surface area contributed by atoms with Gasteiger partial charge in [0, 0.05) is 10.0 Å².